The molecule has 2 aromatic rings. The fourth-order valence-electron chi connectivity index (χ4n) is 3.77. The summed E-state index contributed by atoms with van der Waals surface area (Å²) >= 11 is 0. The fourth-order valence-corrected chi connectivity index (χ4v) is 3.77. The molecule has 9 heteroatoms. The van der Waals surface area contributed by atoms with Crippen LogP contribution in [0.3, 0.4) is 0 Å². The second-order valence-electron chi connectivity index (χ2n) is 7.75. The highest BCUT2D eigenvalue weighted by Gasteiger charge is 2.34. The number of likely N-dealkylation sites (tertiary alicyclic amines) is 1. The topological polar surface area (TPSA) is 119 Å². The van der Waals surface area contributed by atoms with Crippen molar-refractivity contribution >= 4 is 18.6 Å². The Kier molecular flexibility index (Phi) is 6.57. The summed E-state index contributed by atoms with van der Waals surface area (Å²) in [4.78, 5) is 25.7. The molecule has 0 unspecified atom stereocenters. The predicted octanol–water partition coefficient (Wildman–Crippen LogP) is 0.767. The van der Waals surface area contributed by atoms with Crippen LogP contribution in [0.2, 0.25) is 6.32 Å². The maximum atomic E-state index is 12.3. The summed E-state index contributed by atoms with van der Waals surface area (Å²) < 4.78 is 10.9. The van der Waals surface area contributed by atoms with Gasteiger partial charge in [-0.2, -0.15) is 0 Å². The van der Waals surface area contributed by atoms with Crippen molar-refractivity contribution in [3.8, 4) is 11.5 Å². The van der Waals surface area contributed by atoms with Gasteiger partial charge in [-0.1, -0.05) is 50.1 Å². The van der Waals surface area contributed by atoms with Crippen LogP contribution in [0.15, 0.2) is 42.5 Å². The first kappa shape index (κ1) is 22.6. The van der Waals surface area contributed by atoms with Gasteiger partial charge in [0.1, 0.15) is 11.9 Å². The van der Waals surface area contributed by atoms with Crippen molar-refractivity contribution in [3.63, 3.8) is 0 Å². The van der Waals surface area contributed by atoms with Crippen molar-refractivity contribution in [2.24, 2.45) is 0 Å². The van der Waals surface area contributed by atoms with Crippen LogP contribution in [-0.2, 0) is 17.6 Å². The summed E-state index contributed by atoms with van der Waals surface area (Å²) in [5.74, 6) is -1.60. The van der Waals surface area contributed by atoms with E-state index >= 15 is 0 Å². The van der Waals surface area contributed by atoms with Crippen LogP contribution in [-0.4, -0.2) is 52.8 Å². The lowest BCUT2D eigenvalue weighted by atomic mass is 9.70. The lowest BCUT2D eigenvalue weighted by Crippen LogP contribution is -2.56. The Hall–Kier alpha value is -3.04. The van der Waals surface area contributed by atoms with E-state index in [1.54, 1.807) is 11.0 Å². The number of carboxylic acids is 1. The summed E-state index contributed by atoms with van der Waals surface area (Å²) in [6.07, 6.45) is 0.956. The number of hydrogen-bond acceptors (Lipinski definition) is 7. The largest absolute Gasteiger partial charge is 0.669 e. The van der Waals surface area contributed by atoms with E-state index in [-0.39, 0.29) is 49.2 Å². The lowest BCUT2D eigenvalue weighted by molar-refractivity contribution is -0.255. The summed E-state index contributed by atoms with van der Waals surface area (Å²) in [6, 6.07) is 12.9. The van der Waals surface area contributed by atoms with Gasteiger partial charge in [0.15, 0.2) is 0 Å². The van der Waals surface area contributed by atoms with Gasteiger partial charge in [0.05, 0.1) is 30.4 Å². The molecule has 0 bridgehead atoms. The van der Waals surface area contributed by atoms with Gasteiger partial charge in [-0.05, 0) is 30.0 Å². The molecule has 2 aliphatic rings. The number of ether oxygens (including phenoxy) is 1. The first-order valence-corrected chi connectivity index (χ1v) is 9.97. The molecule has 1 amide bonds. The Morgan fingerprint density at radius 1 is 1.16 bits per heavy atom. The number of aromatic carboxylic acids is 1. The molecule has 2 aliphatic heterocycles. The number of rotatable bonds is 6. The highest BCUT2D eigenvalue weighted by Crippen LogP contribution is 2.38. The number of carbonyl (C=O) groups is 2. The molecule has 8 nitrogen and oxygen atoms in total. The molecule has 4 rings (SSSR count). The van der Waals surface area contributed by atoms with Crippen molar-refractivity contribution < 1.29 is 34.1 Å². The zero-order chi connectivity index (χ0) is 21.3. The Labute approximate surface area is 181 Å². The van der Waals surface area contributed by atoms with E-state index in [4.69, 9.17) is 9.39 Å². The number of benzene rings is 2. The van der Waals surface area contributed by atoms with Crippen LogP contribution in [0.1, 0.15) is 35.3 Å². The SMILES string of the molecule is C.O=C([O-])c1c(OC2CN(C(=O)CCc3ccccc3)C2)ccc2c1O[B-](O)(O)CC2. The Morgan fingerprint density at radius 3 is 2.55 bits per heavy atom. The van der Waals surface area contributed by atoms with Gasteiger partial charge in [0, 0.05) is 6.42 Å². The van der Waals surface area contributed by atoms with E-state index in [0.717, 1.165) is 5.56 Å². The molecule has 0 atom stereocenters. The third kappa shape index (κ3) is 5.00. The van der Waals surface area contributed by atoms with E-state index in [9.17, 15) is 24.7 Å². The second kappa shape index (κ2) is 8.99. The molecule has 0 aliphatic carbocycles. The van der Waals surface area contributed by atoms with Crippen LogP contribution in [0.5, 0.6) is 11.5 Å². The molecule has 0 radical (unpaired) electrons. The molecule has 1 saturated heterocycles. The summed E-state index contributed by atoms with van der Waals surface area (Å²) in [5, 5.41) is 31.3. The number of amides is 1. The molecule has 166 valence electrons. The van der Waals surface area contributed by atoms with Crippen LogP contribution >= 0.6 is 0 Å². The zero-order valence-corrected chi connectivity index (χ0v) is 16.3. The van der Waals surface area contributed by atoms with Gasteiger partial charge >= 0.3 is 6.75 Å². The van der Waals surface area contributed by atoms with Gasteiger partial charge in [0.2, 0.25) is 5.91 Å². The molecule has 2 heterocycles. The van der Waals surface area contributed by atoms with Gasteiger partial charge in [-0.3, -0.25) is 4.79 Å². The average Bonchev–Trinajstić information content (AvgIpc) is 2.68. The van der Waals surface area contributed by atoms with E-state index in [2.05, 4.69) is 0 Å². The van der Waals surface area contributed by atoms with Gasteiger partial charge in [0.25, 0.3) is 0 Å². The third-order valence-electron chi connectivity index (χ3n) is 5.47. The minimum Gasteiger partial charge on any atom is -0.669 e. The number of fused-ring (bicyclic) bond motifs is 1. The van der Waals surface area contributed by atoms with E-state index in [0.29, 0.717) is 31.5 Å². The molecule has 2 N–H and O–H groups in total. The molecule has 31 heavy (non-hydrogen) atoms. The zero-order valence-electron chi connectivity index (χ0n) is 16.3. The van der Waals surface area contributed by atoms with Crippen molar-refractivity contribution in [3.05, 3.63) is 59.2 Å². The number of hydrogen-bond donors (Lipinski definition) is 2. The quantitative estimate of drug-likeness (QED) is 0.654. The van der Waals surface area contributed by atoms with E-state index in [1.165, 1.54) is 6.07 Å². The maximum Gasteiger partial charge on any atom is 0.430 e. The normalized spacial score (nSPS) is 16.9. The van der Waals surface area contributed by atoms with E-state index < -0.39 is 12.7 Å². The standard InChI is InChI=1S/C21H23BNO7.CH4/c24-18(9-6-14-4-2-1-3-5-14)23-12-16(13-23)29-17-8-7-15-10-11-22(27,28)30-20(15)19(17)21(25)26;/h1-5,7-8,16,27-28H,6,9-13H2,(H,25,26);1H4/q-1;/p-1. The average molecular weight is 427 g/mol. The van der Waals surface area contributed by atoms with E-state index in [1.807, 2.05) is 30.3 Å². The molecular weight excluding hydrogens is 401 g/mol. The number of nitrogens with zero attached hydrogens (tertiary/aromatic N) is 1. The summed E-state index contributed by atoms with van der Waals surface area (Å²) in [6.45, 7) is -2.41. The van der Waals surface area contributed by atoms with Crippen LogP contribution in [0.25, 0.3) is 0 Å². The minimum atomic E-state index is -3.11. The second-order valence-corrected chi connectivity index (χ2v) is 7.75. The monoisotopic (exact) mass is 427 g/mol. The number of carboxylic acid groups (broad SMARTS) is 1. The molecule has 0 saturated carbocycles. The predicted molar refractivity (Wildman–Crippen MR) is 113 cm³/mol. The first-order chi connectivity index (χ1) is 14.3. The van der Waals surface area contributed by atoms with Crippen LogP contribution < -0.4 is 14.5 Å². The minimum absolute atomic E-state index is 0. The Morgan fingerprint density at radius 2 is 1.87 bits per heavy atom. The maximum absolute atomic E-state index is 12.3. The van der Waals surface area contributed by atoms with Gasteiger partial charge in [-0.15, -0.1) is 0 Å². The Balaban J connectivity index is 0.00000272. The molecule has 0 spiro atoms. The highest BCUT2D eigenvalue weighted by molar-refractivity contribution is 6.59. The van der Waals surface area contributed by atoms with Crippen molar-refractivity contribution in [2.75, 3.05) is 13.1 Å². The van der Waals surface area contributed by atoms with Crippen molar-refractivity contribution in [1.82, 2.24) is 4.90 Å². The van der Waals surface area contributed by atoms with Crippen molar-refractivity contribution in [2.45, 2.75) is 39.1 Å². The fraction of sp³-hybridized carbons (Fsp3) is 0.364. The number of aryl methyl sites for hydroxylation is 2. The first-order valence-electron chi connectivity index (χ1n) is 9.97. The van der Waals surface area contributed by atoms with Gasteiger partial charge in [-0.25, -0.2) is 0 Å². The van der Waals surface area contributed by atoms with Crippen LogP contribution in [0, 0.1) is 0 Å². The highest BCUT2D eigenvalue weighted by atomic mass is 16.6. The molecule has 2 aromatic carbocycles. The lowest BCUT2D eigenvalue weighted by Gasteiger charge is -2.41. The summed E-state index contributed by atoms with van der Waals surface area (Å²) in [7, 11) is 0. The Bertz CT molecular complexity index is 958. The molecule has 1 fully saturated rings. The van der Waals surface area contributed by atoms with Crippen molar-refractivity contribution in [1.29, 1.82) is 0 Å². The molecule has 0 aromatic heterocycles. The van der Waals surface area contributed by atoms with Gasteiger partial charge < -0.3 is 34.2 Å². The smallest absolute Gasteiger partial charge is 0.430 e. The summed E-state index contributed by atoms with van der Waals surface area (Å²) in [5.41, 5.74) is 1.31. The third-order valence-corrected chi connectivity index (χ3v) is 5.47. The number of carbonyl (C=O) groups excluding carboxylic acids is 2. The van der Waals surface area contributed by atoms with Crippen LogP contribution in [0.4, 0.5) is 0 Å². The molecular formula is C22H26BNO7-2.